The van der Waals surface area contributed by atoms with Crippen molar-refractivity contribution in [3.05, 3.63) is 15.6 Å². The second kappa shape index (κ2) is 5.06. The molecule has 1 amide bonds. The molecule has 1 fully saturated rings. The highest BCUT2D eigenvalue weighted by Gasteiger charge is 2.44. The number of aromatic nitrogens is 1. The first kappa shape index (κ1) is 13.0. The van der Waals surface area contributed by atoms with Crippen molar-refractivity contribution in [1.82, 2.24) is 10.3 Å². The van der Waals surface area contributed by atoms with E-state index >= 15 is 0 Å². The van der Waals surface area contributed by atoms with E-state index in [2.05, 4.69) is 17.2 Å². The molecule has 0 aromatic carbocycles. The van der Waals surface area contributed by atoms with E-state index in [0.29, 0.717) is 25.3 Å². The van der Waals surface area contributed by atoms with E-state index in [4.69, 9.17) is 4.74 Å². The molecule has 0 aliphatic heterocycles. The third kappa shape index (κ3) is 2.53. The lowest BCUT2D eigenvalue weighted by Crippen LogP contribution is -2.12. The van der Waals surface area contributed by atoms with Crippen LogP contribution in [0.15, 0.2) is 0 Å². The molecule has 0 radical (unpaired) electrons. The second-order valence-electron chi connectivity index (χ2n) is 4.57. The van der Waals surface area contributed by atoms with Gasteiger partial charge in [-0.25, -0.2) is 9.78 Å². The summed E-state index contributed by atoms with van der Waals surface area (Å²) >= 11 is 1.49. The van der Waals surface area contributed by atoms with Crippen molar-refractivity contribution in [2.45, 2.75) is 38.6 Å². The Kier molecular flexibility index (Phi) is 3.65. The minimum absolute atomic E-state index is 0.0686. The number of hydrogen-bond donors (Lipinski definition) is 1. The van der Waals surface area contributed by atoms with E-state index in [1.165, 1.54) is 11.3 Å². The van der Waals surface area contributed by atoms with Gasteiger partial charge in [-0.05, 0) is 19.8 Å². The third-order valence-corrected chi connectivity index (χ3v) is 4.39. The summed E-state index contributed by atoms with van der Waals surface area (Å²) in [6, 6.07) is 0. The Morgan fingerprint density at radius 3 is 2.89 bits per heavy atom. The van der Waals surface area contributed by atoms with Crippen LogP contribution in [-0.4, -0.2) is 24.0 Å². The van der Waals surface area contributed by atoms with Crippen LogP contribution in [0.1, 0.15) is 47.1 Å². The standard InChI is InChI=1S/C12H16N2O3S/c1-3-17-11(16)9-10(12(2)4-5-12)18-8(14-9)6-13-7-15/h7H,3-6H2,1-2H3,(H,13,15). The molecular weight excluding hydrogens is 252 g/mol. The molecule has 0 spiro atoms. The summed E-state index contributed by atoms with van der Waals surface area (Å²) in [5, 5.41) is 3.31. The molecule has 18 heavy (non-hydrogen) atoms. The van der Waals surface area contributed by atoms with Crippen LogP contribution < -0.4 is 5.32 Å². The molecule has 1 heterocycles. The summed E-state index contributed by atoms with van der Waals surface area (Å²) in [4.78, 5) is 27.4. The molecule has 98 valence electrons. The summed E-state index contributed by atoms with van der Waals surface area (Å²) < 4.78 is 5.02. The van der Waals surface area contributed by atoms with Gasteiger partial charge in [0.25, 0.3) is 0 Å². The van der Waals surface area contributed by atoms with Gasteiger partial charge in [0.15, 0.2) is 5.69 Å². The molecular formula is C12H16N2O3S. The fourth-order valence-corrected chi connectivity index (χ4v) is 2.93. The Morgan fingerprint density at radius 2 is 2.33 bits per heavy atom. The van der Waals surface area contributed by atoms with Gasteiger partial charge >= 0.3 is 5.97 Å². The number of carbonyl (C=O) groups excluding carboxylic acids is 2. The number of carbonyl (C=O) groups is 2. The molecule has 5 nitrogen and oxygen atoms in total. The molecule has 0 saturated heterocycles. The lowest BCUT2D eigenvalue weighted by atomic mass is 10.1. The highest BCUT2D eigenvalue weighted by atomic mass is 32.1. The van der Waals surface area contributed by atoms with Crippen molar-refractivity contribution < 1.29 is 14.3 Å². The summed E-state index contributed by atoms with van der Waals surface area (Å²) in [7, 11) is 0. The van der Waals surface area contributed by atoms with Gasteiger partial charge < -0.3 is 10.1 Å². The number of hydrogen-bond acceptors (Lipinski definition) is 5. The first-order chi connectivity index (χ1) is 8.60. The summed E-state index contributed by atoms with van der Waals surface area (Å²) in [5.74, 6) is -0.366. The minimum atomic E-state index is -0.366. The van der Waals surface area contributed by atoms with Gasteiger partial charge in [0.05, 0.1) is 13.2 Å². The van der Waals surface area contributed by atoms with E-state index in [1.54, 1.807) is 6.92 Å². The molecule has 0 atom stereocenters. The zero-order valence-electron chi connectivity index (χ0n) is 10.5. The number of rotatable bonds is 6. The van der Waals surface area contributed by atoms with Crippen LogP contribution in [-0.2, 0) is 21.5 Å². The Balaban J connectivity index is 2.27. The van der Waals surface area contributed by atoms with Gasteiger partial charge in [0.1, 0.15) is 5.01 Å². The van der Waals surface area contributed by atoms with Crippen molar-refractivity contribution >= 4 is 23.7 Å². The largest absolute Gasteiger partial charge is 0.461 e. The Morgan fingerprint density at radius 1 is 1.61 bits per heavy atom. The van der Waals surface area contributed by atoms with Crippen LogP contribution in [0.25, 0.3) is 0 Å². The van der Waals surface area contributed by atoms with E-state index < -0.39 is 0 Å². The number of amides is 1. The summed E-state index contributed by atoms with van der Waals surface area (Å²) in [6.07, 6.45) is 2.77. The van der Waals surface area contributed by atoms with Gasteiger partial charge in [-0.2, -0.15) is 0 Å². The average molecular weight is 268 g/mol. The third-order valence-electron chi connectivity index (χ3n) is 3.03. The summed E-state index contributed by atoms with van der Waals surface area (Å²) in [6.45, 7) is 4.60. The van der Waals surface area contributed by atoms with Gasteiger partial charge in [0.2, 0.25) is 6.41 Å². The van der Waals surface area contributed by atoms with Crippen molar-refractivity contribution in [2.24, 2.45) is 0 Å². The van der Waals surface area contributed by atoms with Crippen molar-refractivity contribution in [3.8, 4) is 0 Å². The Labute approximate surface area is 110 Å². The van der Waals surface area contributed by atoms with Gasteiger partial charge in [-0.15, -0.1) is 11.3 Å². The first-order valence-corrected chi connectivity index (χ1v) is 6.76. The van der Waals surface area contributed by atoms with Crippen LogP contribution >= 0.6 is 11.3 Å². The quantitative estimate of drug-likeness (QED) is 0.629. The molecule has 1 N–H and O–H groups in total. The zero-order valence-corrected chi connectivity index (χ0v) is 11.3. The predicted octanol–water partition coefficient (Wildman–Crippen LogP) is 1.62. The van der Waals surface area contributed by atoms with Crippen molar-refractivity contribution in [1.29, 1.82) is 0 Å². The average Bonchev–Trinajstić information content (AvgIpc) is 2.94. The maximum absolute atomic E-state index is 11.9. The van der Waals surface area contributed by atoms with Crippen LogP contribution in [0.5, 0.6) is 0 Å². The van der Waals surface area contributed by atoms with E-state index in [1.807, 2.05) is 0 Å². The molecule has 1 aromatic heterocycles. The zero-order chi connectivity index (χ0) is 13.2. The number of ether oxygens (including phenoxy) is 1. The molecule has 1 aliphatic carbocycles. The first-order valence-electron chi connectivity index (χ1n) is 5.95. The number of thiazole rings is 1. The van der Waals surface area contributed by atoms with Crippen LogP contribution in [0.3, 0.4) is 0 Å². The Bertz CT molecular complexity index is 466. The van der Waals surface area contributed by atoms with Gasteiger partial charge in [-0.3, -0.25) is 4.79 Å². The molecule has 2 rings (SSSR count). The fourth-order valence-electron chi connectivity index (χ4n) is 1.73. The minimum Gasteiger partial charge on any atom is -0.461 e. The van der Waals surface area contributed by atoms with Crippen LogP contribution in [0.2, 0.25) is 0 Å². The molecule has 0 bridgehead atoms. The lowest BCUT2D eigenvalue weighted by Gasteiger charge is -2.06. The van der Waals surface area contributed by atoms with Crippen molar-refractivity contribution in [2.75, 3.05) is 6.61 Å². The summed E-state index contributed by atoms with van der Waals surface area (Å²) in [5.41, 5.74) is 0.490. The monoisotopic (exact) mass is 268 g/mol. The number of nitrogens with one attached hydrogen (secondary N) is 1. The van der Waals surface area contributed by atoms with E-state index in [9.17, 15) is 9.59 Å². The molecule has 1 aromatic rings. The highest BCUT2D eigenvalue weighted by Crippen LogP contribution is 2.51. The Hall–Kier alpha value is -1.43. The molecule has 1 aliphatic rings. The molecule has 1 saturated carbocycles. The molecule has 0 unspecified atom stereocenters. The van der Waals surface area contributed by atoms with Crippen LogP contribution in [0.4, 0.5) is 0 Å². The van der Waals surface area contributed by atoms with Gasteiger partial charge in [0, 0.05) is 10.3 Å². The number of nitrogens with zero attached hydrogens (tertiary/aromatic N) is 1. The normalized spacial score (nSPS) is 16.1. The highest BCUT2D eigenvalue weighted by molar-refractivity contribution is 7.12. The van der Waals surface area contributed by atoms with Crippen molar-refractivity contribution in [3.63, 3.8) is 0 Å². The topological polar surface area (TPSA) is 68.3 Å². The van der Waals surface area contributed by atoms with E-state index in [0.717, 1.165) is 22.7 Å². The SMILES string of the molecule is CCOC(=O)c1nc(CNC=O)sc1C1(C)CC1. The molecule has 6 heteroatoms. The van der Waals surface area contributed by atoms with Crippen LogP contribution in [0, 0.1) is 0 Å². The maximum Gasteiger partial charge on any atom is 0.358 e. The predicted molar refractivity (Wildman–Crippen MR) is 67.6 cm³/mol. The maximum atomic E-state index is 11.9. The van der Waals surface area contributed by atoms with Gasteiger partial charge in [-0.1, -0.05) is 6.92 Å². The second-order valence-corrected chi connectivity index (χ2v) is 5.65. The fraction of sp³-hybridized carbons (Fsp3) is 0.583. The lowest BCUT2D eigenvalue weighted by molar-refractivity contribution is -0.109. The number of esters is 1. The van der Waals surface area contributed by atoms with E-state index in [-0.39, 0.29) is 11.4 Å². The smallest absolute Gasteiger partial charge is 0.358 e.